The van der Waals surface area contributed by atoms with Crippen molar-refractivity contribution in [3.05, 3.63) is 53.3 Å². The van der Waals surface area contributed by atoms with Crippen molar-refractivity contribution < 1.29 is 0 Å². The molecule has 0 saturated heterocycles. The van der Waals surface area contributed by atoms with Crippen molar-refractivity contribution in [1.82, 2.24) is 14.8 Å². The van der Waals surface area contributed by atoms with Crippen LogP contribution in [-0.2, 0) is 6.54 Å². The van der Waals surface area contributed by atoms with Gasteiger partial charge in [-0.3, -0.25) is 0 Å². The van der Waals surface area contributed by atoms with Gasteiger partial charge in [0.25, 0.3) is 0 Å². The van der Waals surface area contributed by atoms with Gasteiger partial charge in [0.2, 0.25) is 0 Å². The predicted molar refractivity (Wildman–Crippen MR) is 71.8 cm³/mol. The van der Waals surface area contributed by atoms with E-state index in [2.05, 4.69) is 10.1 Å². The van der Waals surface area contributed by atoms with E-state index in [4.69, 9.17) is 17.3 Å². The first-order valence-corrected chi connectivity index (χ1v) is 5.96. The molecule has 2 N–H and O–H groups in total. The molecule has 2 aromatic heterocycles. The molecular formula is C13H11ClN4. The summed E-state index contributed by atoms with van der Waals surface area (Å²) in [6.45, 7) is 0.311. The number of rotatable bonds is 2. The van der Waals surface area contributed by atoms with Crippen LogP contribution < -0.4 is 5.73 Å². The van der Waals surface area contributed by atoms with Gasteiger partial charge in [-0.05, 0) is 18.2 Å². The molecule has 2 heterocycles. The van der Waals surface area contributed by atoms with Crippen molar-refractivity contribution in [3.8, 4) is 5.82 Å². The molecule has 4 nitrogen and oxygen atoms in total. The summed E-state index contributed by atoms with van der Waals surface area (Å²) in [5.74, 6) is 0.723. The van der Waals surface area contributed by atoms with Gasteiger partial charge < -0.3 is 5.73 Å². The molecule has 3 rings (SSSR count). The van der Waals surface area contributed by atoms with Gasteiger partial charge in [-0.1, -0.05) is 29.8 Å². The van der Waals surface area contributed by atoms with E-state index in [1.165, 1.54) is 0 Å². The smallest absolute Gasteiger partial charge is 0.154 e. The highest BCUT2D eigenvalue weighted by Crippen LogP contribution is 2.19. The minimum Gasteiger partial charge on any atom is -0.325 e. The molecule has 18 heavy (non-hydrogen) atoms. The van der Waals surface area contributed by atoms with Crippen molar-refractivity contribution in [2.45, 2.75) is 6.54 Å². The minimum absolute atomic E-state index is 0.311. The maximum atomic E-state index is 6.00. The summed E-state index contributed by atoms with van der Waals surface area (Å²) in [6.07, 6.45) is 1.81. The zero-order valence-electron chi connectivity index (χ0n) is 9.55. The van der Waals surface area contributed by atoms with Gasteiger partial charge in [0.1, 0.15) is 0 Å². The number of benzene rings is 1. The highest BCUT2D eigenvalue weighted by molar-refractivity contribution is 6.31. The lowest BCUT2D eigenvalue weighted by Gasteiger charge is -2.06. The van der Waals surface area contributed by atoms with Crippen LogP contribution in [0.25, 0.3) is 16.7 Å². The molecule has 0 aliphatic rings. The third kappa shape index (κ3) is 1.75. The molecule has 0 amide bonds. The summed E-state index contributed by atoms with van der Waals surface area (Å²) in [6, 6.07) is 11.6. The molecule has 0 bridgehead atoms. The highest BCUT2D eigenvalue weighted by atomic mass is 35.5. The lowest BCUT2D eigenvalue weighted by Crippen LogP contribution is -2.05. The fourth-order valence-electron chi connectivity index (χ4n) is 1.89. The van der Waals surface area contributed by atoms with Crippen molar-refractivity contribution in [3.63, 3.8) is 0 Å². The summed E-state index contributed by atoms with van der Waals surface area (Å²) in [7, 11) is 0. The monoisotopic (exact) mass is 258 g/mol. The van der Waals surface area contributed by atoms with Gasteiger partial charge in [-0.25, -0.2) is 9.67 Å². The molecule has 0 spiro atoms. The van der Waals surface area contributed by atoms with Crippen LogP contribution in [0.4, 0.5) is 0 Å². The molecule has 3 aromatic rings. The summed E-state index contributed by atoms with van der Waals surface area (Å²) < 4.78 is 1.78. The van der Waals surface area contributed by atoms with E-state index >= 15 is 0 Å². The van der Waals surface area contributed by atoms with Crippen LogP contribution in [0, 0.1) is 0 Å². The van der Waals surface area contributed by atoms with Crippen LogP contribution in [0.1, 0.15) is 5.69 Å². The molecule has 90 valence electrons. The topological polar surface area (TPSA) is 56.7 Å². The van der Waals surface area contributed by atoms with Crippen LogP contribution >= 0.6 is 11.6 Å². The second kappa shape index (κ2) is 4.40. The Kier molecular flexibility index (Phi) is 2.74. The van der Waals surface area contributed by atoms with Gasteiger partial charge in [0, 0.05) is 11.9 Å². The molecule has 0 atom stereocenters. The van der Waals surface area contributed by atoms with Crippen LogP contribution in [0.2, 0.25) is 5.02 Å². The fourth-order valence-corrected chi connectivity index (χ4v) is 2.07. The maximum absolute atomic E-state index is 6.00. The van der Waals surface area contributed by atoms with Crippen LogP contribution in [0.3, 0.4) is 0 Å². The number of fused-ring (bicyclic) bond motifs is 1. The Bertz CT molecular complexity index is 705. The number of para-hydroxylation sites is 1. The second-order valence-corrected chi connectivity index (χ2v) is 4.32. The standard InChI is InChI=1S/C13H11ClN4/c14-10-5-6-13(17-11(10)7-15)18-12-4-2-1-3-9(12)8-16-18/h1-6,8H,7,15H2. The summed E-state index contributed by atoms with van der Waals surface area (Å²) >= 11 is 6.00. The van der Waals surface area contributed by atoms with Gasteiger partial charge >= 0.3 is 0 Å². The molecule has 5 heteroatoms. The minimum atomic E-state index is 0.311. The summed E-state index contributed by atoms with van der Waals surface area (Å²) in [5.41, 5.74) is 7.29. The van der Waals surface area contributed by atoms with Gasteiger partial charge in [-0.15, -0.1) is 0 Å². The number of hydrogen-bond acceptors (Lipinski definition) is 3. The van der Waals surface area contributed by atoms with E-state index in [1.54, 1.807) is 10.7 Å². The van der Waals surface area contributed by atoms with E-state index in [0.29, 0.717) is 17.3 Å². The first-order valence-electron chi connectivity index (χ1n) is 5.58. The van der Waals surface area contributed by atoms with Crippen molar-refractivity contribution >= 4 is 22.5 Å². The Labute approximate surface area is 109 Å². The lowest BCUT2D eigenvalue weighted by molar-refractivity contribution is 0.852. The number of nitrogens with two attached hydrogens (primary N) is 1. The van der Waals surface area contributed by atoms with E-state index in [0.717, 1.165) is 16.7 Å². The SMILES string of the molecule is NCc1nc(-n2ncc3ccccc32)ccc1Cl. The second-order valence-electron chi connectivity index (χ2n) is 3.92. The fraction of sp³-hybridized carbons (Fsp3) is 0.0769. The number of aromatic nitrogens is 3. The van der Waals surface area contributed by atoms with Gasteiger partial charge in [-0.2, -0.15) is 5.10 Å². The predicted octanol–water partition coefficient (Wildman–Crippen LogP) is 2.53. The Morgan fingerprint density at radius 1 is 1.17 bits per heavy atom. The summed E-state index contributed by atoms with van der Waals surface area (Å²) in [4.78, 5) is 4.43. The molecule has 0 aliphatic carbocycles. The average molecular weight is 259 g/mol. The Morgan fingerprint density at radius 2 is 2.00 bits per heavy atom. The molecule has 0 unspecified atom stereocenters. The molecule has 1 aromatic carbocycles. The van der Waals surface area contributed by atoms with Crippen LogP contribution in [0.5, 0.6) is 0 Å². The normalized spacial score (nSPS) is 11.0. The molecular weight excluding hydrogens is 248 g/mol. The Hall–Kier alpha value is -1.91. The Balaban J connectivity index is 2.20. The highest BCUT2D eigenvalue weighted by Gasteiger charge is 2.07. The quantitative estimate of drug-likeness (QED) is 0.768. The molecule has 0 fully saturated rings. The average Bonchev–Trinajstić information content (AvgIpc) is 2.83. The van der Waals surface area contributed by atoms with E-state index < -0.39 is 0 Å². The largest absolute Gasteiger partial charge is 0.325 e. The van der Waals surface area contributed by atoms with Crippen molar-refractivity contribution in [2.75, 3.05) is 0 Å². The zero-order chi connectivity index (χ0) is 12.5. The number of pyridine rings is 1. The first kappa shape index (κ1) is 11.2. The zero-order valence-corrected chi connectivity index (χ0v) is 10.3. The van der Waals surface area contributed by atoms with Crippen molar-refractivity contribution in [2.24, 2.45) is 5.73 Å². The third-order valence-electron chi connectivity index (χ3n) is 2.79. The third-order valence-corrected chi connectivity index (χ3v) is 3.14. The van der Waals surface area contributed by atoms with Gasteiger partial charge in [0.15, 0.2) is 5.82 Å². The van der Waals surface area contributed by atoms with Crippen LogP contribution in [-0.4, -0.2) is 14.8 Å². The maximum Gasteiger partial charge on any atom is 0.154 e. The van der Waals surface area contributed by atoms with E-state index in [1.807, 2.05) is 36.5 Å². The first-order chi connectivity index (χ1) is 8.79. The summed E-state index contributed by atoms with van der Waals surface area (Å²) in [5, 5.41) is 5.99. The van der Waals surface area contributed by atoms with Crippen molar-refractivity contribution in [1.29, 1.82) is 0 Å². The molecule has 0 aliphatic heterocycles. The molecule has 0 radical (unpaired) electrons. The number of nitrogens with zero attached hydrogens (tertiary/aromatic N) is 3. The number of hydrogen-bond donors (Lipinski definition) is 1. The number of halogens is 1. The Morgan fingerprint density at radius 3 is 2.83 bits per heavy atom. The van der Waals surface area contributed by atoms with Gasteiger partial charge in [0.05, 0.1) is 22.4 Å². The van der Waals surface area contributed by atoms with E-state index in [-0.39, 0.29) is 0 Å². The van der Waals surface area contributed by atoms with Crippen LogP contribution in [0.15, 0.2) is 42.6 Å². The molecule has 0 saturated carbocycles. The lowest BCUT2D eigenvalue weighted by atomic mass is 10.2. The van der Waals surface area contributed by atoms with E-state index in [9.17, 15) is 0 Å².